The van der Waals surface area contributed by atoms with Crippen molar-refractivity contribution in [3.63, 3.8) is 0 Å². The topological polar surface area (TPSA) is 87.4 Å². The number of aromatic nitrogens is 4. The molecule has 8 nitrogen and oxygen atoms in total. The minimum atomic E-state index is -0.966. The summed E-state index contributed by atoms with van der Waals surface area (Å²) >= 11 is 0. The number of para-hydroxylation sites is 2. The summed E-state index contributed by atoms with van der Waals surface area (Å²) in [5.74, 6) is 1.01. The Kier molecular flexibility index (Phi) is 6.15. The molecular weight excluding hydrogens is 440 g/mol. The molecular formula is C27H32N6O2. The fraction of sp³-hybridized carbons (Fsp3) is 0.407. The van der Waals surface area contributed by atoms with Crippen molar-refractivity contribution in [2.75, 3.05) is 31.6 Å². The van der Waals surface area contributed by atoms with E-state index in [4.69, 9.17) is 4.98 Å². The van der Waals surface area contributed by atoms with Crippen molar-refractivity contribution in [1.82, 2.24) is 24.4 Å². The Labute approximate surface area is 205 Å². The van der Waals surface area contributed by atoms with E-state index in [1.165, 1.54) is 0 Å². The zero-order valence-corrected chi connectivity index (χ0v) is 20.6. The predicted octanol–water partition coefficient (Wildman–Crippen LogP) is 3.34. The standard InChI is InChI=1S/C27H32N6O2/c1-4-25-30-22-7-5-6-8-23(22)33(25)13-10-26(34)31(3)17-27(35)11-14-32(18-27)24-15-19(2)29-21-9-12-28-16-20(21)24/h5-9,12,15-16,35H,4,10-11,13-14,17-18H2,1-3H3. The van der Waals surface area contributed by atoms with Crippen LogP contribution in [0.2, 0.25) is 0 Å². The van der Waals surface area contributed by atoms with E-state index < -0.39 is 5.60 Å². The number of anilines is 1. The summed E-state index contributed by atoms with van der Waals surface area (Å²) in [5, 5.41) is 12.4. The Morgan fingerprint density at radius 3 is 2.86 bits per heavy atom. The van der Waals surface area contributed by atoms with Gasteiger partial charge in [0.25, 0.3) is 0 Å². The second-order valence-electron chi connectivity index (χ2n) is 9.59. The molecule has 35 heavy (non-hydrogen) atoms. The number of amides is 1. The fourth-order valence-corrected chi connectivity index (χ4v) is 5.21. The number of aryl methyl sites for hydroxylation is 3. The Morgan fingerprint density at radius 1 is 1.20 bits per heavy atom. The summed E-state index contributed by atoms with van der Waals surface area (Å²) in [6, 6.07) is 12.0. The number of imidazole rings is 1. The van der Waals surface area contributed by atoms with E-state index in [9.17, 15) is 9.90 Å². The van der Waals surface area contributed by atoms with Crippen molar-refractivity contribution in [1.29, 1.82) is 0 Å². The van der Waals surface area contributed by atoms with Crippen LogP contribution < -0.4 is 4.90 Å². The number of hydrogen-bond donors (Lipinski definition) is 1. The molecule has 3 aromatic heterocycles. The third-order valence-corrected chi connectivity index (χ3v) is 6.95. The van der Waals surface area contributed by atoms with Gasteiger partial charge in [0.05, 0.1) is 23.1 Å². The monoisotopic (exact) mass is 472 g/mol. The van der Waals surface area contributed by atoms with Gasteiger partial charge in [0.1, 0.15) is 11.4 Å². The van der Waals surface area contributed by atoms with Crippen LogP contribution in [0, 0.1) is 6.92 Å². The van der Waals surface area contributed by atoms with Gasteiger partial charge in [-0.2, -0.15) is 0 Å². The van der Waals surface area contributed by atoms with E-state index in [2.05, 4.69) is 26.4 Å². The van der Waals surface area contributed by atoms with Crippen LogP contribution >= 0.6 is 0 Å². The smallest absolute Gasteiger partial charge is 0.224 e. The van der Waals surface area contributed by atoms with Crippen LogP contribution in [0.25, 0.3) is 21.9 Å². The van der Waals surface area contributed by atoms with Crippen LogP contribution in [0.3, 0.4) is 0 Å². The van der Waals surface area contributed by atoms with Gasteiger partial charge in [-0.1, -0.05) is 19.1 Å². The van der Waals surface area contributed by atoms with Crippen molar-refractivity contribution in [3.8, 4) is 0 Å². The first-order valence-electron chi connectivity index (χ1n) is 12.2. The molecule has 0 bridgehead atoms. The number of hydrogen-bond acceptors (Lipinski definition) is 6. The third-order valence-electron chi connectivity index (χ3n) is 6.95. The highest BCUT2D eigenvalue weighted by Gasteiger charge is 2.38. The van der Waals surface area contributed by atoms with Gasteiger partial charge in [0, 0.05) is 68.7 Å². The Morgan fingerprint density at radius 2 is 2.03 bits per heavy atom. The van der Waals surface area contributed by atoms with E-state index in [0.29, 0.717) is 39.0 Å². The predicted molar refractivity (Wildman–Crippen MR) is 137 cm³/mol. The zero-order chi connectivity index (χ0) is 24.6. The van der Waals surface area contributed by atoms with E-state index in [1.54, 1.807) is 18.1 Å². The molecule has 4 aromatic rings. The largest absolute Gasteiger partial charge is 0.386 e. The summed E-state index contributed by atoms with van der Waals surface area (Å²) < 4.78 is 2.14. The van der Waals surface area contributed by atoms with Crippen molar-refractivity contribution in [2.24, 2.45) is 0 Å². The maximum Gasteiger partial charge on any atom is 0.224 e. The van der Waals surface area contributed by atoms with Crippen LogP contribution in [-0.4, -0.2) is 67.7 Å². The molecule has 182 valence electrons. The highest BCUT2D eigenvalue weighted by Crippen LogP contribution is 2.32. The Hall–Kier alpha value is -3.52. The minimum Gasteiger partial charge on any atom is -0.386 e. The number of fused-ring (bicyclic) bond motifs is 2. The van der Waals surface area contributed by atoms with E-state index >= 15 is 0 Å². The van der Waals surface area contributed by atoms with Crippen LogP contribution in [-0.2, 0) is 17.8 Å². The minimum absolute atomic E-state index is 0.0196. The van der Waals surface area contributed by atoms with Crippen LogP contribution in [0.5, 0.6) is 0 Å². The van der Waals surface area contributed by atoms with Crippen LogP contribution in [0.1, 0.15) is 31.3 Å². The molecule has 8 heteroatoms. The molecule has 1 saturated heterocycles. The van der Waals surface area contributed by atoms with Gasteiger partial charge in [-0.05, 0) is 37.6 Å². The second kappa shape index (κ2) is 9.26. The summed E-state index contributed by atoms with van der Waals surface area (Å²) in [6.07, 6.45) is 5.35. The first-order valence-corrected chi connectivity index (χ1v) is 12.2. The Bertz CT molecular complexity index is 1380. The van der Waals surface area contributed by atoms with Crippen LogP contribution in [0.4, 0.5) is 5.69 Å². The van der Waals surface area contributed by atoms with Crippen molar-refractivity contribution >= 4 is 33.5 Å². The highest BCUT2D eigenvalue weighted by atomic mass is 16.3. The molecule has 0 aliphatic carbocycles. The number of carbonyl (C=O) groups excluding carboxylic acids is 1. The highest BCUT2D eigenvalue weighted by molar-refractivity contribution is 5.91. The summed E-state index contributed by atoms with van der Waals surface area (Å²) in [7, 11) is 1.78. The summed E-state index contributed by atoms with van der Waals surface area (Å²) in [6.45, 7) is 6.11. The van der Waals surface area contributed by atoms with Gasteiger partial charge < -0.3 is 19.5 Å². The molecule has 1 aromatic carbocycles. The molecule has 0 radical (unpaired) electrons. The first kappa shape index (κ1) is 23.2. The fourth-order valence-electron chi connectivity index (χ4n) is 5.21. The van der Waals surface area contributed by atoms with Crippen molar-refractivity contribution in [3.05, 3.63) is 60.3 Å². The molecule has 1 aliphatic rings. The number of benzene rings is 1. The average molecular weight is 473 g/mol. The summed E-state index contributed by atoms with van der Waals surface area (Å²) in [5.41, 5.74) is 3.91. The van der Waals surface area contributed by atoms with Crippen molar-refractivity contribution < 1.29 is 9.90 Å². The van der Waals surface area contributed by atoms with Gasteiger partial charge in [-0.25, -0.2) is 4.98 Å². The number of aliphatic hydroxyl groups is 1. The molecule has 0 spiro atoms. The molecule has 5 rings (SSSR count). The maximum atomic E-state index is 13.0. The van der Waals surface area contributed by atoms with E-state index in [-0.39, 0.29) is 5.91 Å². The van der Waals surface area contributed by atoms with E-state index in [0.717, 1.165) is 45.6 Å². The maximum absolute atomic E-state index is 13.0. The molecule has 1 amide bonds. The van der Waals surface area contributed by atoms with Crippen LogP contribution in [0.15, 0.2) is 48.8 Å². The zero-order valence-electron chi connectivity index (χ0n) is 20.6. The third kappa shape index (κ3) is 4.58. The van der Waals surface area contributed by atoms with Crippen molar-refractivity contribution in [2.45, 2.75) is 45.3 Å². The molecule has 0 saturated carbocycles. The number of β-amino-alcohol motifs (C(OH)–C–C–N with tert-alkyl or cyclic N) is 1. The molecule has 4 heterocycles. The van der Waals surface area contributed by atoms with E-state index in [1.807, 2.05) is 49.5 Å². The van der Waals surface area contributed by atoms with Gasteiger partial charge in [0.2, 0.25) is 5.91 Å². The lowest BCUT2D eigenvalue weighted by Crippen LogP contribution is -2.46. The Balaban J connectivity index is 1.25. The normalized spacial score (nSPS) is 18.0. The molecule has 1 atom stereocenters. The number of carbonyl (C=O) groups is 1. The molecule has 1 fully saturated rings. The lowest BCUT2D eigenvalue weighted by atomic mass is 10.0. The average Bonchev–Trinajstić information content (AvgIpc) is 3.42. The molecule has 1 N–H and O–H groups in total. The van der Waals surface area contributed by atoms with Gasteiger partial charge in [-0.3, -0.25) is 14.8 Å². The number of rotatable bonds is 7. The lowest BCUT2D eigenvalue weighted by molar-refractivity contribution is -0.133. The second-order valence-corrected chi connectivity index (χ2v) is 9.59. The van der Waals surface area contributed by atoms with Gasteiger partial charge in [0.15, 0.2) is 0 Å². The first-order chi connectivity index (χ1) is 16.9. The number of pyridine rings is 2. The molecule has 1 unspecified atom stereocenters. The number of nitrogens with zero attached hydrogens (tertiary/aromatic N) is 6. The summed E-state index contributed by atoms with van der Waals surface area (Å²) in [4.78, 5) is 30.4. The molecule has 1 aliphatic heterocycles. The lowest BCUT2D eigenvalue weighted by Gasteiger charge is -2.30. The van der Waals surface area contributed by atoms with Gasteiger partial charge >= 0.3 is 0 Å². The SMILES string of the molecule is CCc1nc2ccccc2n1CCC(=O)N(C)CC1(O)CCN(c2cc(C)nc3ccncc23)C1. The van der Waals surface area contributed by atoms with Gasteiger partial charge in [-0.15, -0.1) is 0 Å². The quantitative estimate of drug-likeness (QED) is 0.444. The number of likely N-dealkylation sites (N-methyl/N-ethyl adjacent to an activating group) is 1.